The lowest BCUT2D eigenvalue weighted by atomic mass is 10.2. The van der Waals surface area contributed by atoms with E-state index in [1.807, 2.05) is 10.8 Å². The molecule has 0 atom stereocenters. The fourth-order valence-electron chi connectivity index (χ4n) is 1.70. The Kier molecular flexibility index (Phi) is 7.18. The van der Waals surface area contributed by atoms with E-state index in [2.05, 4.69) is 36.4 Å². The summed E-state index contributed by atoms with van der Waals surface area (Å²) in [7, 11) is 0. The summed E-state index contributed by atoms with van der Waals surface area (Å²) in [6.07, 6.45) is 5.76. The van der Waals surface area contributed by atoms with Gasteiger partial charge in [-0.2, -0.15) is 0 Å². The molecule has 19 heavy (non-hydrogen) atoms. The summed E-state index contributed by atoms with van der Waals surface area (Å²) in [5, 5.41) is 6.23. The first kappa shape index (κ1) is 15.7. The van der Waals surface area contributed by atoms with Gasteiger partial charge in [0, 0.05) is 19.3 Å². The van der Waals surface area contributed by atoms with E-state index < -0.39 is 0 Å². The Labute approximate surface area is 115 Å². The van der Waals surface area contributed by atoms with Gasteiger partial charge in [0.05, 0.1) is 12.0 Å². The third-order valence-electron chi connectivity index (χ3n) is 2.72. The lowest BCUT2D eigenvalue weighted by Gasteiger charge is -2.05. The zero-order valence-corrected chi connectivity index (χ0v) is 12.3. The number of carbonyl (C=O) groups excluding carboxylic acids is 1. The highest BCUT2D eigenvalue weighted by atomic mass is 16.1. The lowest BCUT2D eigenvalue weighted by molar-refractivity contribution is -0.121. The van der Waals surface area contributed by atoms with Crippen LogP contribution in [0.4, 0.5) is 0 Å². The Morgan fingerprint density at radius 2 is 2.26 bits per heavy atom. The van der Waals surface area contributed by atoms with Gasteiger partial charge in [0.15, 0.2) is 0 Å². The van der Waals surface area contributed by atoms with Crippen molar-refractivity contribution in [1.29, 1.82) is 0 Å². The van der Waals surface area contributed by atoms with Gasteiger partial charge < -0.3 is 15.2 Å². The molecule has 2 N–H and O–H groups in total. The van der Waals surface area contributed by atoms with Gasteiger partial charge in [-0.3, -0.25) is 4.79 Å². The molecular formula is C14H26N4O. The average molecular weight is 266 g/mol. The van der Waals surface area contributed by atoms with Crippen LogP contribution in [0.15, 0.2) is 12.5 Å². The smallest absolute Gasteiger partial charge is 0.239 e. The van der Waals surface area contributed by atoms with E-state index in [0.717, 1.165) is 38.2 Å². The second-order valence-electron chi connectivity index (χ2n) is 5.27. The molecular weight excluding hydrogens is 240 g/mol. The van der Waals surface area contributed by atoms with Crippen LogP contribution in [0.25, 0.3) is 0 Å². The van der Waals surface area contributed by atoms with Crippen LogP contribution in [-0.4, -0.2) is 28.5 Å². The fourth-order valence-corrected chi connectivity index (χ4v) is 1.70. The minimum absolute atomic E-state index is 0.0486. The minimum atomic E-state index is 0.0486. The molecule has 0 aliphatic rings. The number of imidazole rings is 1. The van der Waals surface area contributed by atoms with Crippen molar-refractivity contribution in [3.05, 3.63) is 18.2 Å². The van der Waals surface area contributed by atoms with Gasteiger partial charge in [-0.15, -0.1) is 0 Å². The van der Waals surface area contributed by atoms with E-state index in [0.29, 0.717) is 12.5 Å². The standard InChI is InChI=1S/C14H26N4O/c1-4-5-6-16-14(19)10-18-9-13(17-11-18)8-15-7-12(2)3/h9,11-12,15H,4-8,10H2,1-3H3,(H,16,19). The molecule has 0 radical (unpaired) electrons. The topological polar surface area (TPSA) is 59.0 Å². The molecule has 0 spiro atoms. The number of carbonyl (C=O) groups is 1. The number of aromatic nitrogens is 2. The highest BCUT2D eigenvalue weighted by Gasteiger charge is 2.04. The van der Waals surface area contributed by atoms with Crippen LogP contribution < -0.4 is 10.6 Å². The number of nitrogens with one attached hydrogen (secondary N) is 2. The van der Waals surface area contributed by atoms with E-state index >= 15 is 0 Å². The first-order valence-electron chi connectivity index (χ1n) is 7.10. The van der Waals surface area contributed by atoms with Crippen LogP contribution >= 0.6 is 0 Å². The van der Waals surface area contributed by atoms with Gasteiger partial charge in [0.25, 0.3) is 0 Å². The second-order valence-corrected chi connectivity index (χ2v) is 5.27. The molecule has 0 aliphatic carbocycles. The summed E-state index contributed by atoms with van der Waals surface area (Å²) < 4.78 is 1.83. The quantitative estimate of drug-likeness (QED) is 0.667. The highest BCUT2D eigenvalue weighted by Crippen LogP contribution is 1.97. The molecule has 5 nitrogen and oxygen atoms in total. The van der Waals surface area contributed by atoms with Crippen LogP contribution in [0.3, 0.4) is 0 Å². The predicted octanol–water partition coefficient (Wildman–Crippen LogP) is 1.54. The Morgan fingerprint density at radius 3 is 2.95 bits per heavy atom. The monoisotopic (exact) mass is 266 g/mol. The molecule has 0 fully saturated rings. The minimum Gasteiger partial charge on any atom is -0.355 e. The molecule has 0 aromatic carbocycles. The summed E-state index contributed by atoms with van der Waals surface area (Å²) in [6.45, 7) is 9.29. The summed E-state index contributed by atoms with van der Waals surface area (Å²) in [4.78, 5) is 15.9. The number of amides is 1. The maximum absolute atomic E-state index is 11.6. The van der Waals surface area contributed by atoms with Crippen molar-refractivity contribution in [2.75, 3.05) is 13.1 Å². The average Bonchev–Trinajstić information content (AvgIpc) is 2.76. The van der Waals surface area contributed by atoms with Crippen molar-refractivity contribution < 1.29 is 4.79 Å². The molecule has 1 heterocycles. The third kappa shape index (κ3) is 6.96. The zero-order valence-electron chi connectivity index (χ0n) is 12.3. The maximum atomic E-state index is 11.6. The van der Waals surface area contributed by atoms with E-state index in [-0.39, 0.29) is 5.91 Å². The third-order valence-corrected chi connectivity index (χ3v) is 2.72. The van der Waals surface area contributed by atoms with Gasteiger partial charge in [-0.1, -0.05) is 27.2 Å². The van der Waals surface area contributed by atoms with Crippen molar-refractivity contribution in [2.24, 2.45) is 5.92 Å². The molecule has 5 heteroatoms. The molecule has 0 saturated carbocycles. The van der Waals surface area contributed by atoms with E-state index in [4.69, 9.17) is 0 Å². The fraction of sp³-hybridized carbons (Fsp3) is 0.714. The molecule has 1 aromatic rings. The molecule has 1 amide bonds. The number of unbranched alkanes of at least 4 members (excludes halogenated alkanes) is 1. The normalized spacial score (nSPS) is 10.9. The summed E-state index contributed by atoms with van der Waals surface area (Å²) >= 11 is 0. The summed E-state index contributed by atoms with van der Waals surface area (Å²) in [5.41, 5.74) is 0.974. The SMILES string of the molecule is CCCCNC(=O)Cn1cnc(CNCC(C)C)c1. The first-order chi connectivity index (χ1) is 9.11. The van der Waals surface area contributed by atoms with Crippen LogP contribution in [-0.2, 0) is 17.9 Å². The number of hydrogen-bond acceptors (Lipinski definition) is 3. The van der Waals surface area contributed by atoms with Crippen molar-refractivity contribution in [3.63, 3.8) is 0 Å². The van der Waals surface area contributed by atoms with Crippen molar-refractivity contribution in [1.82, 2.24) is 20.2 Å². The van der Waals surface area contributed by atoms with E-state index in [1.54, 1.807) is 6.33 Å². The highest BCUT2D eigenvalue weighted by molar-refractivity contribution is 5.75. The van der Waals surface area contributed by atoms with E-state index in [9.17, 15) is 4.79 Å². The summed E-state index contributed by atoms with van der Waals surface area (Å²) in [6, 6.07) is 0. The molecule has 0 saturated heterocycles. The Bertz CT molecular complexity index is 373. The molecule has 0 bridgehead atoms. The predicted molar refractivity (Wildman–Crippen MR) is 76.7 cm³/mol. The van der Waals surface area contributed by atoms with Gasteiger partial charge >= 0.3 is 0 Å². The van der Waals surface area contributed by atoms with Crippen molar-refractivity contribution in [3.8, 4) is 0 Å². The maximum Gasteiger partial charge on any atom is 0.239 e. The Morgan fingerprint density at radius 1 is 1.47 bits per heavy atom. The molecule has 1 aromatic heterocycles. The molecule has 108 valence electrons. The van der Waals surface area contributed by atoms with Gasteiger partial charge in [-0.05, 0) is 18.9 Å². The van der Waals surface area contributed by atoms with Gasteiger partial charge in [-0.25, -0.2) is 4.98 Å². The Balaban J connectivity index is 2.27. The summed E-state index contributed by atoms with van der Waals surface area (Å²) in [5.74, 6) is 0.680. The zero-order chi connectivity index (χ0) is 14.1. The number of rotatable bonds is 9. The second kappa shape index (κ2) is 8.69. The lowest BCUT2D eigenvalue weighted by Crippen LogP contribution is -2.28. The van der Waals surface area contributed by atoms with Crippen molar-refractivity contribution in [2.45, 2.75) is 46.7 Å². The van der Waals surface area contributed by atoms with Crippen LogP contribution in [0.1, 0.15) is 39.3 Å². The van der Waals surface area contributed by atoms with E-state index in [1.165, 1.54) is 0 Å². The number of nitrogens with zero attached hydrogens (tertiary/aromatic N) is 2. The van der Waals surface area contributed by atoms with Crippen LogP contribution in [0.2, 0.25) is 0 Å². The van der Waals surface area contributed by atoms with Gasteiger partial charge in [0.2, 0.25) is 5.91 Å². The van der Waals surface area contributed by atoms with Crippen LogP contribution in [0.5, 0.6) is 0 Å². The Hall–Kier alpha value is -1.36. The van der Waals surface area contributed by atoms with Gasteiger partial charge in [0.1, 0.15) is 6.54 Å². The van der Waals surface area contributed by atoms with Crippen LogP contribution in [0, 0.1) is 5.92 Å². The molecule has 0 aliphatic heterocycles. The first-order valence-corrected chi connectivity index (χ1v) is 7.10. The molecule has 1 rings (SSSR count). The molecule has 0 unspecified atom stereocenters. The van der Waals surface area contributed by atoms with Crippen molar-refractivity contribution >= 4 is 5.91 Å². The largest absolute Gasteiger partial charge is 0.355 e. The number of hydrogen-bond donors (Lipinski definition) is 2.